The Labute approximate surface area is 241 Å². The number of hydrogen-bond donors (Lipinski definition) is 0. The van der Waals surface area contributed by atoms with Crippen LogP contribution in [0.4, 0.5) is 17.1 Å². The first kappa shape index (κ1) is 24.0. The van der Waals surface area contributed by atoms with E-state index in [2.05, 4.69) is 158 Å². The SMILES string of the molecule is C[Si]1(C)c2cc(N(c3ccccc3)c3ccc(-c4ccccc4)cc3)ccc2-c2ccc3oc4ccccc4c3c21. The van der Waals surface area contributed by atoms with Crippen molar-refractivity contribution in [1.82, 2.24) is 0 Å². The van der Waals surface area contributed by atoms with Crippen molar-refractivity contribution < 1.29 is 4.42 Å². The summed E-state index contributed by atoms with van der Waals surface area (Å²) in [7, 11) is -2.05. The van der Waals surface area contributed by atoms with E-state index in [0.717, 1.165) is 22.5 Å². The second kappa shape index (κ2) is 9.08. The maximum Gasteiger partial charge on any atom is 0.135 e. The Morgan fingerprint density at radius 2 is 1.12 bits per heavy atom. The third kappa shape index (κ3) is 3.70. The summed E-state index contributed by atoms with van der Waals surface area (Å²) < 4.78 is 6.30. The molecule has 0 amide bonds. The van der Waals surface area contributed by atoms with Crippen LogP contribution in [0.3, 0.4) is 0 Å². The van der Waals surface area contributed by atoms with Gasteiger partial charge in [-0.1, -0.05) is 104 Å². The third-order valence-corrected chi connectivity index (χ3v) is 12.2. The number of para-hydroxylation sites is 2. The second-order valence-corrected chi connectivity index (χ2v) is 15.7. The van der Waals surface area contributed by atoms with Crippen LogP contribution in [0.1, 0.15) is 0 Å². The maximum absolute atomic E-state index is 6.30. The van der Waals surface area contributed by atoms with E-state index in [9.17, 15) is 0 Å². The molecule has 0 unspecified atom stereocenters. The van der Waals surface area contributed by atoms with Gasteiger partial charge in [0.05, 0.1) is 0 Å². The molecular formula is C38H29NOSi. The molecule has 6 aromatic carbocycles. The molecule has 0 fully saturated rings. The van der Waals surface area contributed by atoms with E-state index >= 15 is 0 Å². The molecule has 7 aromatic rings. The van der Waals surface area contributed by atoms with Crippen LogP contribution < -0.4 is 15.3 Å². The Morgan fingerprint density at radius 1 is 0.512 bits per heavy atom. The van der Waals surface area contributed by atoms with Gasteiger partial charge in [-0.2, -0.15) is 0 Å². The standard InChI is InChI=1S/C38H29NOSi/c1-41(2)36-25-30(21-22-31(36)32-23-24-35-37(38(32)41)33-15-9-10-16-34(33)40-35)39(28-13-7-4-8-14-28)29-19-17-27(18-20-29)26-11-5-3-6-12-26/h3-25H,1-2H3. The van der Waals surface area contributed by atoms with Crippen LogP contribution in [0.15, 0.2) is 144 Å². The third-order valence-electron chi connectivity index (χ3n) is 8.64. The highest BCUT2D eigenvalue weighted by atomic mass is 28.3. The lowest BCUT2D eigenvalue weighted by Gasteiger charge is -2.27. The molecule has 41 heavy (non-hydrogen) atoms. The number of benzene rings is 6. The number of nitrogens with zero attached hydrogens (tertiary/aromatic N) is 1. The van der Waals surface area contributed by atoms with Crippen molar-refractivity contribution in [3.05, 3.63) is 140 Å². The molecule has 0 atom stereocenters. The van der Waals surface area contributed by atoms with Crippen LogP contribution in [0.2, 0.25) is 13.1 Å². The zero-order chi connectivity index (χ0) is 27.6. The van der Waals surface area contributed by atoms with Gasteiger partial charge in [0.1, 0.15) is 19.2 Å². The lowest BCUT2D eigenvalue weighted by molar-refractivity contribution is 0.669. The fourth-order valence-electron chi connectivity index (χ4n) is 6.71. The van der Waals surface area contributed by atoms with Gasteiger partial charge < -0.3 is 9.32 Å². The van der Waals surface area contributed by atoms with Gasteiger partial charge in [-0.15, -0.1) is 0 Å². The van der Waals surface area contributed by atoms with Crippen molar-refractivity contribution in [1.29, 1.82) is 0 Å². The van der Waals surface area contributed by atoms with Crippen molar-refractivity contribution in [2.24, 2.45) is 0 Å². The molecule has 1 aromatic heterocycles. The molecule has 0 aliphatic carbocycles. The maximum atomic E-state index is 6.30. The lowest BCUT2D eigenvalue weighted by atomic mass is 10.0. The van der Waals surface area contributed by atoms with E-state index < -0.39 is 8.07 Å². The second-order valence-electron chi connectivity index (χ2n) is 11.4. The minimum absolute atomic E-state index is 0.964. The fraction of sp³-hybridized carbons (Fsp3) is 0.0526. The van der Waals surface area contributed by atoms with Crippen LogP contribution in [0.5, 0.6) is 0 Å². The molecule has 0 bridgehead atoms. The highest BCUT2D eigenvalue weighted by Crippen LogP contribution is 2.40. The van der Waals surface area contributed by atoms with E-state index in [4.69, 9.17) is 4.42 Å². The van der Waals surface area contributed by atoms with Crippen molar-refractivity contribution >= 4 is 57.4 Å². The topological polar surface area (TPSA) is 16.4 Å². The van der Waals surface area contributed by atoms with Crippen LogP contribution in [0.25, 0.3) is 44.2 Å². The largest absolute Gasteiger partial charge is 0.456 e. The number of fused-ring (bicyclic) bond motifs is 7. The van der Waals surface area contributed by atoms with Gasteiger partial charge in [0.25, 0.3) is 0 Å². The molecule has 1 aliphatic heterocycles. The predicted molar refractivity (Wildman–Crippen MR) is 176 cm³/mol. The summed E-state index contributed by atoms with van der Waals surface area (Å²) in [5, 5.41) is 5.48. The highest BCUT2D eigenvalue weighted by molar-refractivity contribution is 7.05. The molecule has 8 rings (SSSR count). The first-order chi connectivity index (χ1) is 20.1. The van der Waals surface area contributed by atoms with Crippen molar-refractivity contribution in [3.8, 4) is 22.3 Å². The number of rotatable bonds is 4. The molecule has 196 valence electrons. The summed E-state index contributed by atoms with van der Waals surface area (Å²) in [6.45, 7) is 4.98. The van der Waals surface area contributed by atoms with Gasteiger partial charge in [-0.3, -0.25) is 0 Å². The molecule has 3 heteroatoms. The molecule has 2 heterocycles. The summed E-state index contributed by atoms with van der Waals surface area (Å²) >= 11 is 0. The van der Waals surface area contributed by atoms with Crippen LogP contribution in [0, 0.1) is 0 Å². The Balaban J connectivity index is 1.28. The van der Waals surface area contributed by atoms with Gasteiger partial charge in [0.15, 0.2) is 0 Å². The Hall–Kier alpha value is -4.86. The zero-order valence-corrected chi connectivity index (χ0v) is 24.1. The van der Waals surface area contributed by atoms with E-state index in [0.29, 0.717) is 0 Å². The molecule has 0 saturated heterocycles. The molecule has 1 aliphatic rings. The molecule has 2 nitrogen and oxygen atoms in total. The van der Waals surface area contributed by atoms with E-state index in [-0.39, 0.29) is 0 Å². The van der Waals surface area contributed by atoms with Crippen LogP contribution in [-0.4, -0.2) is 8.07 Å². The fourth-order valence-corrected chi connectivity index (χ4v) is 10.1. The van der Waals surface area contributed by atoms with Crippen molar-refractivity contribution in [3.63, 3.8) is 0 Å². The lowest BCUT2D eigenvalue weighted by Crippen LogP contribution is -2.49. The molecular weight excluding hydrogens is 515 g/mol. The first-order valence-corrected chi connectivity index (χ1v) is 17.2. The quantitative estimate of drug-likeness (QED) is 0.206. The molecule has 0 spiro atoms. The number of furan rings is 1. The van der Waals surface area contributed by atoms with Crippen LogP contribution in [-0.2, 0) is 0 Å². The van der Waals surface area contributed by atoms with Crippen molar-refractivity contribution in [2.75, 3.05) is 4.90 Å². The summed E-state index contributed by atoms with van der Waals surface area (Å²) in [6.07, 6.45) is 0. The van der Waals surface area contributed by atoms with Gasteiger partial charge in [-0.25, -0.2) is 0 Å². The van der Waals surface area contributed by atoms with Crippen LogP contribution >= 0.6 is 0 Å². The van der Waals surface area contributed by atoms with Gasteiger partial charge in [0.2, 0.25) is 0 Å². The van der Waals surface area contributed by atoms with E-state index in [1.54, 1.807) is 0 Å². The van der Waals surface area contributed by atoms with Gasteiger partial charge in [-0.05, 0) is 81.2 Å². The zero-order valence-electron chi connectivity index (χ0n) is 23.1. The van der Waals surface area contributed by atoms with Gasteiger partial charge >= 0.3 is 0 Å². The van der Waals surface area contributed by atoms with Gasteiger partial charge in [0, 0.05) is 27.8 Å². The minimum atomic E-state index is -2.05. The van der Waals surface area contributed by atoms with Crippen molar-refractivity contribution in [2.45, 2.75) is 13.1 Å². The first-order valence-electron chi connectivity index (χ1n) is 14.2. The Bertz CT molecular complexity index is 2060. The highest BCUT2D eigenvalue weighted by Gasteiger charge is 2.40. The summed E-state index contributed by atoms with van der Waals surface area (Å²) in [6, 6.07) is 50.2. The molecule has 0 saturated carbocycles. The predicted octanol–water partition coefficient (Wildman–Crippen LogP) is 9.53. The normalized spacial score (nSPS) is 13.3. The Morgan fingerprint density at radius 3 is 1.90 bits per heavy atom. The number of anilines is 3. The summed E-state index contributed by atoms with van der Waals surface area (Å²) in [5.41, 5.74) is 10.6. The summed E-state index contributed by atoms with van der Waals surface area (Å²) in [5.74, 6) is 0. The van der Waals surface area contributed by atoms with E-state index in [1.165, 1.54) is 49.1 Å². The monoisotopic (exact) mass is 543 g/mol. The molecule has 0 radical (unpaired) electrons. The average molecular weight is 544 g/mol. The minimum Gasteiger partial charge on any atom is -0.456 e. The number of hydrogen-bond acceptors (Lipinski definition) is 2. The molecule has 0 N–H and O–H groups in total. The van der Waals surface area contributed by atoms with E-state index in [1.807, 2.05) is 0 Å². The Kier molecular flexibility index (Phi) is 5.31. The average Bonchev–Trinajstić information content (AvgIpc) is 3.51. The smallest absolute Gasteiger partial charge is 0.135 e. The summed E-state index contributed by atoms with van der Waals surface area (Å²) in [4.78, 5) is 2.38.